The van der Waals surface area contributed by atoms with Crippen molar-refractivity contribution in [1.82, 2.24) is 9.97 Å². The number of benzene rings is 3. The average Bonchev–Trinajstić information content (AvgIpc) is 2.73. The summed E-state index contributed by atoms with van der Waals surface area (Å²) in [6, 6.07) is 24.2. The van der Waals surface area contributed by atoms with Gasteiger partial charge in [-0.2, -0.15) is 0 Å². The second kappa shape index (κ2) is 8.20. The summed E-state index contributed by atoms with van der Waals surface area (Å²) in [5.74, 6) is 1.43. The largest absolute Gasteiger partial charge is 0.340 e. The van der Waals surface area contributed by atoms with Gasteiger partial charge >= 0.3 is 0 Å². The number of aromatic nitrogens is 2. The van der Waals surface area contributed by atoms with Crippen molar-refractivity contribution < 1.29 is 8.42 Å². The minimum absolute atomic E-state index is 0.0645. The van der Waals surface area contributed by atoms with Crippen LogP contribution in [0.3, 0.4) is 0 Å². The zero-order chi connectivity index (χ0) is 20.3. The van der Waals surface area contributed by atoms with Crippen molar-refractivity contribution in [2.45, 2.75) is 15.8 Å². The van der Waals surface area contributed by atoms with Crippen LogP contribution in [-0.2, 0) is 15.8 Å². The molecular formula is C21H18N4O2S2. The number of hydrogen-bond acceptors (Lipinski definition) is 6. The first-order chi connectivity index (χ1) is 14.0. The van der Waals surface area contributed by atoms with Crippen molar-refractivity contribution in [3.05, 3.63) is 84.4 Å². The molecule has 0 aliphatic rings. The fourth-order valence-electron chi connectivity index (χ4n) is 2.80. The van der Waals surface area contributed by atoms with Gasteiger partial charge in [-0.3, -0.25) is 0 Å². The van der Waals surface area contributed by atoms with Gasteiger partial charge < -0.3 is 5.32 Å². The van der Waals surface area contributed by atoms with Gasteiger partial charge in [-0.1, -0.05) is 54.2 Å². The Bertz CT molecular complexity index is 1240. The highest BCUT2D eigenvalue weighted by atomic mass is 32.2. The van der Waals surface area contributed by atoms with Crippen molar-refractivity contribution in [2.24, 2.45) is 5.14 Å². The molecule has 0 spiro atoms. The quantitative estimate of drug-likeness (QED) is 0.355. The summed E-state index contributed by atoms with van der Waals surface area (Å²) in [4.78, 5) is 9.40. The highest BCUT2D eigenvalue weighted by Crippen LogP contribution is 2.28. The molecule has 6 nitrogen and oxygen atoms in total. The predicted molar refractivity (Wildman–Crippen MR) is 117 cm³/mol. The number of primary sulfonamides is 1. The minimum atomic E-state index is -3.72. The summed E-state index contributed by atoms with van der Waals surface area (Å²) in [7, 11) is -3.72. The molecule has 0 aliphatic carbocycles. The lowest BCUT2D eigenvalue weighted by Gasteiger charge is -2.11. The highest BCUT2D eigenvalue weighted by Gasteiger charge is 2.10. The van der Waals surface area contributed by atoms with E-state index in [0.717, 1.165) is 16.7 Å². The number of anilines is 2. The Balaban J connectivity index is 1.63. The van der Waals surface area contributed by atoms with Crippen molar-refractivity contribution in [3.8, 4) is 0 Å². The molecule has 1 aromatic heterocycles. The van der Waals surface area contributed by atoms with Gasteiger partial charge in [-0.25, -0.2) is 23.5 Å². The Morgan fingerprint density at radius 1 is 0.862 bits per heavy atom. The maximum Gasteiger partial charge on any atom is 0.238 e. The molecule has 0 saturated heterocycles. The number of nitrogens with one attached hydrogen (secondary N) is 1. The molecule has 0 atom stereocenters. The van der Waals surface area contributed by atoms with Gasteiger partial charge in [-0.15, -0.1) is 0 Å². The monoisotopic (exact) mass is 422 g/mol. The first-order valence-electron chi connectivity index (χ1n) is 8.82. The lowest BCUT2D eigenvalue weighted by Crippen LogP contribution is -2.11. The Hall–Kier alpha value is -2.94. The molecule has 0 radical (unpaired) electrons. The van der Waals surface area contributed by atoms with Gasteiger partial charge in [0.05, 0.1) is 10.4 Å². The Morgan fingerprint density at radius 3 is 2.28 bits per heavy atom. The van der Waals surface area contributed by atoms with Crippen LogP contribution in [0.25, 0.3) is 10.9 Å². The van der Waals surface area contributed by atoms with E-state index >= 15 is 0 Å². The van der Waals surface area contributed by atoms with E-state index in [1.165, 1.54) is 17.7 Å². The standard InChI is InChI=1S/C21H18N4O2S2/c22-29(26,27)17-12-10-16(11-13-17)23-20-18-8-4-5-9-19(18)24-21(25-20)28-14-15-6-2-1-3-7-15/h1-13H,14H2,(H2,22,26,27)(H,23,24,25). The summed E-state index contributed by atoms with van der Waals surface area (Å²) < 4.78 is 22.9. The van der Waals surface area contributed by atoms with Crippen LogP contribution in [0.1, 0.15) is 5.56 Å². The second-order valence-electron chi connectivity index (χ2n) is 6.34. The molecule has 0 fully saturated rings. The molecular weight excluding hydrogens is 404 g/mol. The fraction of sp³-hybridized carbons (Fsp3) is 0.0476. The van der Waals surface area contributed by atoms with E-state index in [9.17, 15) is 8.42 Å². The van der Waals surface area contributed by atoms with E-state index in [2.05, 4.69) is 27.4 Å². The number of nitrogens with zero attached hydrogens (tertiary/aromatic N) is 2. The average molecular weight is 423 g/mol. The first kappa shape index (κ1) is 19.4. The Labute approximate surface area is 173 Å². The van der Waals surface area contributed by atoms with Gasteiger partial charge in [0, 0.05) is 16.8 Å². The smallest absolute Gasteiger partial charge is 0.238 e. The summed E-state index contributed by atoms with van der Waals surface area (Å²) >= 11 is 1.56. The van der Waals surface area contributed by atoms with Crippen molar-refractivity contribution in [2.75, 3.05) is 5.32 Å². The van der Waals surface area contributed by atoms with Crippen LogP contribution >= 0.6 is 11.8 Å². The number of thioether (sulfide) groups is 1. The molecule has 0 saturated carbocycles. The van der Waals surface area contributed by atoms with E-state index in [1.807, 2.05) is 42.5 Å². The van der Waals surface area contributed by atoms with Crippen LogP contribution < -0.4 is 10.5 Å². The lowest BCUT2D eigenvalue weighted by molar-refractivity contribution is 0.598. The zero-order valence-electron chi connectivity index (χ0n) is 15.3. The predicted octanol–water partition coefficient (Wildman–Crippen LogP) is 4.31. The lowest BCUT2D eigenvalue weighted by atomic mass is 10.2. The molecule has 3 N–H and O–H groups in total. The topological polar surface area (TPSA) is 98.0 Å². The zero-order valence-corrected chi connectivity index (χ0v) is 17.0. The molecule has 1 heterocycles. The normalized spacial score (nSPS) is 11.5. The van der Waals surface area contributed by atoms with Gasteiger partial charge in [0.15, 0.2) is 5.16 Å². The molecule has 0 bridgehead atoms. The number of fused-ring (bicyclic) bond motifs is 1. The summed E-state index contributed by atoms with van der Waals surface area (Å²) in [5, 5.41) is 9.97. The van der Waals surface area contributed by atoms with Crippen LogP contribution in [0.15, 0.2) is 88.9 Å². The molecule has 0 amide bonds. The summed E-state index contributed by atoms with van der Waals surface area (Å²) in [6.07, 6.45) is 0. The SMILES string of the molecule is NS(=O)(=O)c1ccc(Nc2nc(SCc3ccccc3)nc3ccccc23)cc1. The van der Waals surface area contributed by atoms with E-state index in [-0.39, 0.29) is 4.90 Å². The molecule has 3 aromatic carbocycles. The summed E-state index contributed by atoms with van der Waals surface area (Å²) in [6.45, 7) is 0. The third kappa shape index (κ3) is 4.73. The first-order valence-corrected chi connectivity index (χ1v) is 11.4. The third-order valence-corrected chi connectivity index (χ3v) is 6.09. The van der Waals surface area contributed by atoms with Crippen LogP contribution in [0, 0.1) is 0 Å². The van der Waals surface area contributed by atoms with Crippen molar-refractivity contribution in [3.63, 3.8) is 0 Å². The fourth-order valence-corrected chi connectivity index (χ4v) is 4.12. The summed E-state index contributed by atoms with van der Waals surface area (Å²) in [5.41, 5.74) is 2.74. The van der Waals surface area contributed by atoms with Crippen LogP contribution in [0.4, 0.5) is 11.5 Å². The van der Waals surface area contributed by atoms with Crippen LogP contribution in [0.5, 0.6) is 0 Å². The van der Waals surface area contributed by atoms with E-state index in [4.69, 9.17) is 5.14 Å². The van der Waals surface area contributed by atoms with Gasteiger partial charge in [-0.05, 0) is 42.0 Å². The van der Waals surface area contributed by atoms with Crippen LogP contribution in [0.2, 0.25) is 0 Å². The van der Waals surface area contributed by atoms with E-state index < -0.39 is 10.0 Å². The highest BCUT2D eigenvalue weighted by molar-refractivity contribution is 7.98. The molecule has 4 aromatic rings. The molecule has 8 heteroatoms. The number of rotatable bonds is 6. The maximum absolute atomic E-state index is 11.4. The van der Waals surface area contributed by atoms with Gasteiger partial charge in [0.2, 0.25) is 10.0 Å². The van der Waals surface area contributed by atoms with Gasteiger partial charge in [0.25, 0.3) is 0 Å². The second-order valence-corrected chi connectivity index (χ2v) is 8.84. The number of para-hydroxylation sites is 1. The third-order valence-electron chi connectivity index (χ3n) is 4.24. The number of nitrogens with two attached hydrogens (primary N) is 1. The van der Waals surface area contributed by atoms with E-state index in [1.54, 1.807) is 23.9 Å². The van der Waals surface area contributed by atoms with Crippen LogP contribution in [-0.4, -0.2) is 18.4 Å². The van der Waals surface area contributed by atoms with E-state index in [0.29, 0.717) is 16.7 Å². The molecule has 4 rings (SSSR count). The Morgan fingerprint density at radius 2 is 1.55 bits per heavy atom. The maximum atomic E-state index is 11.4. The van der Waals surface area contributed by atoms with Gasteiger partial charge in [0.1, 0.15) is 5.82 Å². The molecule has 146 valence electrons. The number of sulfonamides is 1. The molecule has 0 unspecified atom stereocenters. The number of hydrogen-bond donors (Lipinski definition) is 2. The Kier molecular flexibility index (Phi) is 5.48. The minimum Gasteiger partial charge on any atom is -0.340 e. The molecule has 0 aliphatic heterocycles. The van der Waals surface area contributed by atoms with Crippen molar-refractivity contribution in [1.29, 1.82) is 0 Å². The molecule has 29 heavy (non-hydrogen) atoms. The van der Waals surface area contributed by atoms with Crippen molar-refractivity contribution >= 4 is 44.2 Å².